The standard InChI is InChI=1S/C15H22FNO/c1-2-12-4-3-8-17(9-7-12)11-13-5-6-15(18)14(16)10-13/h5-6,10,12,18H,2-4,7-9,11H2,1H3. The van der Waals surface area contributed by atoms with E-state index in [2.05, 4.69) is 11.8 Å². The van der Waals surface area contributed by atoms with Gasteiger partial charge in [-0.15, -0.1) is 0 Å². The van der Waals surface area contributed by atoms with E-state index in [-0.39, 0.29) is 5.75 Å². The zero-order valence-electron chi connectivity index (χ0n) is 11.0. The molecule has 2 nitrogen and oxygen atoms in total. The average Bonchev–Trinajstić information content (AvgIpc) is 2.59. The lowest BCUT2D eigenvalue weighted by molar-refractivity contribution is 0.271. The topological polar surface area (TPSA) is 23.5 Å². The smallest absolute Gasteiger partial charge is 0.165 e. The Morgan fingerprint density at radius 3 is 2.89 bits per heavy atom. The molecule has 1 unspecified atom stereocenters. The van der Waals surface area contributed by atoms with Gasteiger partial charge in [0.2, 0.25) is 0 Å². The van der Waals surface area contributed by atoms with Crippen LogP contribution in [0, 0.1) is 11.7 Å². The number of phenols is 1. The molecule has 0 aromatic heterocycles. The molecule has 2 rings (SSSR count). The van der Waals surface area contributed by atoms with E-state index in [4.69, 9.17) is 0 Å². The van der Waals surface area contributed by atoms with Crippen molar-refractivity contribution in [3.8, 4) is 5.75 Å². The van der Waals surface area contributed by atoms with E-state index in [0.717, 1.165) is 31.1 Å². The van der Waals surface area contributed by atoms with Crippen LogP contribution in [-0.2, 0) is 6.54 Å². The first-order valence-electron chi connectivity index (χ1n) is 6.88. The van der Waals surface area contributed by atoms with Crippen molar-refractivity contribution in [2.24, 2.45) is 5.92 Å². The van der Waals surface area contributed by atoms with Crippen LogP contribution in [0.2, 0.25) is 0 Å². The van der Waals surface area contributed by atoms with E-state index in [1.165, 1.54) is 37.8 Å². The summed E-state index contributed by atoms with van der Waals surface area (Å²) in [7, 11) is 0. The van der Waals surface area contributed by atoms with Crippen LogP contribution in [0.3, 0.4) is 0 Å². The molecule has 0 aliphatic carbocycles. The highest BCUT2D eigenvalue weighted by molar-refractivity contribution is 5.27. The van der Waals surface area contributed by atoms with E-state index >= 15 is 0 Å². The molecule has 1 fully saturated rings. The lowest BCUT2D eigenvalue weighted by Crippen LogP contribution is -2.24. The largest absolute Gasteiger partial charge is 0.505 e. The summed E-state index contributed by atoms with van der Waals surface area (Å²) in [5, 5.41) is 9.17. The third kappa shape index (κ3) is 3.45. The van der Waals surface area contributed by atoms with Gasteiger partial charge in [0.1, 0.15) is 0 Å². The predicted octanol–water partition coefficient (Wildman–Crippen LogP) is 3.54. The Hall–Kier alpha value is -1.09. The van der Waals surface area contributed by atoms with E-state index in [1.54, 1.807) is 6.07 Å². The maximum absolute atomic E-state index is 13.3. The Balaban J connectivity index is 1.94. The van der Waals surface area contributed by atoms with Crippen LogP contribution >= 0.6 is 0 Å². The number of aromatic hydroxyl groups is 1. The molecule has 1 heterocycles. The maximum atomic E-state index is 13.3. The summed E-state index contributed by atoms with van der Waals surface area (Å²) in [6.07, 6.45) is 5.06. The van der Waals surface area contributed by atoms with Crippen LogP contribution in [0.25, 0.3) is 0 Å². The number of hydrogen-bond acceptors (Lipinski definition) is 2. The first-order chi connectivity index (χ1) is 8.69. The number of likely N-dealkylation sites (tertiary alicyclic amines) is 1. The molecule has 1 N–H and O–H groups in total. The van der Waals surface area contributed by atoms with E-state index in [1.807, 2.05) is 0 Å². The van der Waals surface area contributed by atoms with Gasteiger partial charge < -0.3 is 5.11 Å². The number of phenolic OH excluding ortho intramolecular Hbond substituents is 1. The Bertz CT molecular complexity index is 394. The second-order valence-corrected chi connectivity index (χ2v) is 5.27. The summed E-state index contributed by atoms with van der Waals surface area (Å²) in [5.74, 6) is 0.0703. The monoisotopic (exact) mass is 251 g/mol. The highest BCUT2D eigenvalue weighted by atomic mass is 19.1. The van der Waals surface area contributed by atoms with Gasteiger partial charge in [0, 0.05) is 6.54 Å². The Morgan fingerprint density at radius 2 is 2.17 bits per heavy atom. The minimum atomic E-state index is -0.520. The summed E-state index contributed by atoms with van der Waals surface area (Å²) < 4.78 is 13.3. The van der Waals surface area contributed by atoms with Gasteiger partial charge in [-0.25, -0.2) is 4.39 Å². The van der Waals surface area contributed by atoms with Crippen molar-refractivity contribution in [2.75, 3.05) is 13.1 Å². The lowest BCUT2D eigenvalue weighted by Gasteiger charge is -2.20. The number of nitrogens with zero attached hydrogens (tertiary/aromatic N) is 1. The number of hydrogen-bond donors (Lipinski definition) is 1. The summed E-state index contributed by atoms with van der Waals surface area (Å²) in [5.41, 5.74) is 0.945. The second kappa shape index (κ2) is 6.19. The van der Waals surface area contributed by atoms with Crippen LogP contribution in [0.1, 0.15) is 38.2 Å². The van der Waals surface area contributed by atoms with Gasteiger partial charge in [-0.1, -0.05) is 19.4 Å². The molecular weight excluding hydrogens is 229 g/mol. The number of halogens is 1. The minimum absolute atomic E-state index is 0.263. The highest BCUT2D eigenvalue weighted by Crippen LogP contribution is 2.22. The maximum Gasteiger partial charge on any atom is 0.165 e. The first kappa shape index (κ1) is 13.3. The molecule has 1 saturated heterocycles. The Labute approximate surface area is 108 Å². The molecule has 1 aliphatic heterocycles. The van der Waals surface area contributed by atoms with Crippen molar-refractivity contribution in [1.29, 1.82) is 0 Å². The van der Waals surface area contributed by atoms with Crippen LogP contribution in [0.15, 0.2) is 18.2 Å². The highest BCUT2D eigenvalue weighted by Gasteiger charge is 2.16. The van der Waals surface area contributed by atoms with E-state index in [9.17, 15) is 9.50 Å². The van der Waals surface area contributed by atoms with Crippen molar-refractivity contribution in [2.45, 2.75) is 39.2 Å². The molecule has 1 aromatic rings. The molecule has 1 aliphatic rings. The molecule has 0 spiro atoms. The Kier molecular flexibility index (Phi) is 4.59. The number of rotatable bonds is 3. The molecule has 0 radical (unpaired) electrons. The molecule has 0 amide bonds. The summed E-state index contributed by atoms with van der Waals surface area (Å²) in [6.45, 7) is 5.24. The van der Waals surface area contributed by atoms with Gasteiger partial charge in [0.25, 0.3) is 0 Å². The van der Waals surface area contributed by atoms with Crippen LogP contribution < -0.4 is 0 Å². The minimum Gasteiger partial charge on any atom is -0.505 e. The molecule has 3 heteroatoms. The molecular formula is C15H22FNO. The molecule has 100 valence electrons. The van der Waals surface area contributed by atoms with Gasteiger partial charge in [0.05, 0.1) is 0 Å². The normalized spacial score (nSPS) is 21.8. The third-order valence-corrected chi connectivity index (χ3v) is 3.94. The lowest BCUT2D eigenvalue weighted by atomic mass is 9.98. The van der Waals surface area contributed by atoms with Gasteiger partial charge >= 0.3 is 0 Å². The third-order valence-electron chi connectivity index (χ3n) is 3.94. The fourth-order valence-electron chi connectivity index (χ4n) is 2.70. The quantitative estimate of drug-likeness (QED) is 0.888. The van der Waals surface area contributed by atoms with Crippen LogP contribution in [0.4, 0.5) is 4.39 Å². The van der Waals surface area contributed by atoms with Crippen LogP contribution in [0.5, 0.6) is 5.75 Å². The van der Waals surface area contributed by atoms with E-state index in [0.29, 0.717) is 0 Å². The fraction of sp³-hybridized carbons (Fsp3) is 0.600. The van der Waals surface area contributed by atoms with E-state index < -0.39 is 5.82 Å². The average molecular weight is 251 g/mol. The number of benzene rings is 1. The predicted molar refractivity (Wildman–Crippen MR) is 71.0 cm³/mol. The summed E-state index contributed by atoms with van der Waals surface area (Å²) in [4.78, 5) is 2.39. The second-order valence-electron chi connectivity index (χ2n) is 5.27. The molecule has 0 saturated carbocycles. The SMILES string of the molecule is CCC1CCCN(Cc2ccc(O)c(F)c2)CC1. The first-order valence-corrected chi connectivity index (χ1v) is 6.88. The van der Waals surface area contributed by atoms with Crippen molar-refractivity contribution in [3.63, 3.8) is 0 Å². The molecule has 1 atom stereocenters. The molecule has 0 bridgehead atoms. The van der Waals surface area contributed by atoms with Crippen molar-refractivity contribution in [1.82, 2.24) is 4.90 Å². The fourth-order valence-corrected chi connectivity index (χ4v) is 2.70. The van der Waals surface area contributed by atoms with Gasteiger partial charge in [0.15, 0.2) is 11.6 Å². The van der Waals surface area contributed by atoms with Gasteiger partial charge in [-0.3, -0.25) is 4.90 Å². The van der Waals surface area contributed by atoms with Gasteiger partial charge in [-0.05, 0) is 56.0 Å². The zero-order chi connectivity index (χ0) is 13.0. The van der Waals surface area contributed by atoms with Crippen LogP contribution in [-0.4, -0.2) is 23.1 Å². The summed E-state index contributed by atoms with van der Waals surface area (Å²) in [6, 6.07) is 4.69. The van der Waals surface area contributed by atoms with Crippen molar-refractivity contribution >= 4 is 0 Å². The molecule has 1 aromatic carbocycles. The van der Waals surface area contributed by atoms with Crippen molar-refractivity contribution < 1.29 is 9.50 Å². The zero-order valence-corrected chi connectivity index (χ0v) is 11.0. The molecule has 18 heavy (non-hydrogen) atoms. The summed E-state index contributed by atoms with van der Waals surface area (Å²) >= 11 is 0. The van der Waals surface area contributed by atoms with Crippen molar-refractivity contribution in [3.05, 3.63) is 29.6 Å². The Morgan fingerprint density at radius 1 is 1.33 bits per heavy atom. The van der Waals surface area contributed by atoms with Gasteiger partial charge in [-0.2, -0.15) is 0 Å².